The molecule has 0 aliphatic rings. The number of nitrogens with one attached hydrogen (secondary N) is 1. The number of hydrogen-bond donors (Lipinski definition) is 1. The SMILES string of the molecule is CCC(=O)c1ccc(OCCOCCNCCN(C)C)cc1. The second kappa shape index (κ2) is 11.2. The fourth-order valence-electron chi connectivity index (χ4n) is 1.83. The number of hydrogen-bond acceptors (Lipinski definition) is 5. The maximum absolute atomic E-state index is 11.5. The largest absolute Gasteiger partial charge is 0.491 e. The van der Waals surface area contributed by atoms with Gasteiger partial charge in [-0.1, -0.05) is 6.92 Å². The molecule has 0 saturated carbocycles. The Morgan fingerprint density at radius 2 is 1.82 bits per heavy atom. The van der Waals surface area contributed by atoms with Crippen molar-refractivity contribution in [3.63, 3.8) is 0 Å². The van der Waals surface area contributed by atoms with Gasteiger partial charge in [0, 0.05) is 31.6 Å². The Kier molecular flexibility index (Phi) is 9.46. The van der Waals surface area contributed by atoms with Crippen LogP contribution in [0.25, 0.3) is 0 Å². The third-order valence-electron chi connectivity index (χ3n) is 3.15. The van der Waals surface area contributed by atoms with Crippen LogP contribution in [0.5, 0.6) is 5.75 Å². The van der Waals surface area contributed by atoms with Gasteiger partial charge in [-0.25, -0.2) is 0 Å². The van der Waals surface area contributed by atoms with Crippen molar-refractivity contribution in [3.8, 4) is 5.75 Å². The normalized spacial score (nSPS) is 10.9. The lowest BCUT2D eigenvalue weighted by Crippen LogP contribution is -2.29. The van der Waals surface area contributed by atoms with Crippen molar-refractivity contribution in [2.75, 3.05) is 53.6 Å². The molecular formula is C17H28N2O3. The molecule has 22 heavy (non-hydrogen) atoms. The van der Waals surface area contributed by atoms with Gasteiger partial charge in [-0.2, -0.15) is 0 Å². The summed E-state index contributed by atoms with van der Waals surface area (Å²) in [7, 11) is 4.11. The molecule has 1 rings (SSSR count). The van der Waals surface area contributed by atoms with Gasteiger partial charge >= 0.3 is 0 Å². The van der Waals surface area contributed by atoms with E-state index in [0.717, 1.165) is 30.9 Å². The van der Waals surface area contributed by atoms with Gasteiger partial charge in [-0.05, 0) is 38.4 Å². The lowest BCUT2D eigenvalue weighted by Gasteiger charge is -2.11. The number of Topliss-reactive ketones (excluding diaryl/α,β-unsaturated/α-hetero) is 1. The molecule has 0 atom stereocenters. The topological polar surface area (TPSA) is 50.8 Å². The summed E-state index contributed by atoms with van der Waals surface area (Å²) in [6, 6.07) is 7.25. The van der Waals surface area contributed by atoms with Gasteiger partial charge < -0.3 is 19.7 Å². The summed E-state index contributed by atoms with van der Waals surface area (Å²) in [6.45, 7) is 6.46. The smallest absolute Gasteiger partial charge is 0.162 e. The van der Waals surface area contributed by atoms with E-state index in [2.05, 4.69) is 24.3 Å². The van der Waals surface area contributed by atoms with Crippen LogP contribution in [-0.2, 0) is 4.74 Å². The molecular weight excluding hydrogens is 280 g/mol. The number of likely N-dealkylation sites (N-methyl/N-ethyl adjacent to an activating group) is 1. The molecule has 0 aromatic heterocycles. The minimum absolute atomic E-state index is 0.150. The molecule has 1 aromatic rings. The molecule has 0 fully saturated rings. The van der Waals surface area contributed by atoms with Crippen molar-refractivity contribution in [2.24, 2.45) is 0 Å². The number of carbonyl (C=O) groups excluding carboxylic acids is 1. The second-order valence-corrected chi connectivity index (χ2v) is 5.32. The molecule has 0 radical (unpaired) electrons. The molecule has 0 heterocycles. The highest BCUT2D eigenvalue weighted by atomic mass is 16.5. The zero-order valence-corrected chi connectivity index (χ0v) is 13.9. The molecule has 0 unspecified atom stereocenters. The van der Waals surface area contributed by atoms with Crippen LogP contribution in [-0.4, -0.2) is 64.2 Å². The number of ketones is 1. The van der Waals surface area contributed by atoms with Crippen molar-refractivity contribution < 1.29 is 14.3 Å². The highest BCUT2D eigenvalue weighted by molar-refractivity contribution is 5.95. The van der Waals surface area contributed by atoms with E-state index < -0.39 is 0 Å². The van der Waals surface area contributed by atoms with E-state index in [1.807, 2.05) is 19.1 Å². The fourth-order valence-corrected chi connectivity index (χ4v) is 1.83. The molecule has 1 aromatic carbocycles. The highest BCUT2D eigenvalue weighted by Gasteiger charge is 2.02. The molecule has 0 amide bonds. The fraction of sp³-hybridized carbons (Fsp3) is 0.588. The summed E-state index contributed by atoms with van der Waals surface area (Å²) in [6.07, 6.45) is 0.524. The summed E-state index contributed by atoms with van der Waals surface area (Å²) >= 11 is 0. The Bertz CT molecular complexity index is 418. The summed E-state index contributed by atoms with van der Waals surface area (Å²) in [5.41, 5.74) is 0.731. The van der Waals surface area contributed by atoms with Gasteiger partial charge in [0.1, 0.15) is 12.4 Å². The molecule has 1 N–H and O–H groups in total. The van der Waals surface area contributed by atoms with E-state index in [1.165, 1.54) is 0 Å². The maximum atomic E-state index is 11.5. The van der Waals surface area contributed by atoms with Crippen molar-refractivity contribution in [3.05, 3.63) is 29.8 Å². The zero-order chi connectivity index (χ0) is 16.2. The Hall–Kier alpha value is -1.43. The predicted molar refractivity (Wildman–Crippen MR) is 88.8 cm³/mol. The minimum Gasteiger partial charge on any atom is -0.491 e. The van der Waals surface area contributed by atoms with Gasteiger partial charge in [-0.15, -0.1) is 0 Å². The predicted octanol–water partition coefficient (Wildman–Crippen LogP) is 1.83. The summed E-state index contributed by atoms with van der Waals surface area (Å²) in [4.78, 5) is 13.6. The van der Waals surface area contributed by atoms with Gasteiger partial charge in [0.15, 0.2) is 5.78 Å². The summed E-state index contributed by atoms with van der Waals surface area (Å²) in [5, 5.41) is 3.31. The number of carbonyl (C=O) groups is 1. The Labute approximate surface area is 133 Å². The highest BCUT2D eigenvalue weighted by Crippen LogP contribution is 2.13. The zero-order valence-electron chi connectivity index (χ0n) is 13.9. The van der Waals surface area contributed by atoms with Crippen LogP contribution in [0.4, 0.5) is 0 Å². The first-order chi connectivity index (χ1) is 10.6. The third kappa shape index (κ3) is 8.12. The van der Waals surface area contributed by atoms with Crippen LogP contribution in [0.1, 0.15) is 23.7 Å². The van der Waals surface area contributed by atoms with Crippen molar-refractivity contribution in [1.82, 2.24) is 10.2 Å². The van der Waals surface area contributed by atoms with Crippen LogP contribution in [0, 0.1) is 0 Å². The van der Waals surface area contributed by atoms with E-state index in [4.69, 9.17) is 9.47 Å². The maximum Gasteiger partial charge on any atom is 0.162 e. The number of nitrogens with zero attached hydrogens (tertiary/aromatic N) is 1. The molecule has 0 spiro atoms. The quantitative estimate of drug-likeness (QED) is 0.471. The van der Waals surface area contributed by atoms with Crippen LogP contribution in [0.2, 0.25) is 0 Å². The Morgan fingerprint density at radius 3 is 2.45 bits per heavy atom. The van der Waals surface area contributed by atoms with Crippen molar-refractivity contribution in [2.45, 2.75) is 13.3 Å². The van der Waals surface area contributed by atoms with Gasteiger partial charge in [0.25, 0.3) is 0 Å². The average molecular weight is 308 g/mol. The first-order valence-corrected chi connectivity index (χ1v) is 7.82. The monoisotopic (exact) mass is 308 g/mol. The molecule has 0 bridgehead atoms. The van der Waals surface area contributed by atoms with Crippen molar-refractivity contribution >= 4 is 5.78 Å². The Balaban J connectivity index is 2.04. The van der Waals surface area contributed by atoms with E-state index >= 15 is 0 Å². The van der Waals surface area contributed by atoms with E-state index in [9.17, 15) is 4.79 Å². The van der Waals surface area contributed by atoms with Crippen LogP contribution < -0.4 is 10.1 Å². The molecule has 0 aliphatic carbocycles. The standard InChI is InChI=1S/C17H28N2O3/c1-4-17(20)15-5-7-16(8-6-15)22-14-13-21-12-10-18-9-11-19(2)3/h5-8,18H,4,9-14H2,1-3H3. The molecule has 0 aliphatic heterocycles. The van der Waals surface area contributed by atoms with Gasteiger partial charge in [-0.3, -0.25) is 4.79 Å². The Morgan fingerprint density at radius 1 is 1.09 bits per heavy atom. The number of rotatable bonds is 12. The van der Waals surface area contributed by atoms with Gasteiger partial charge in [0.05, 0.1) is 13.2 Å². The lowest BCUT2D eigenvalue weighted by molar-refractivity contribution is 0.0986. The lowest BCUT2D eigenvalue weighted by atomic mass is 10.1. The van der Waals surface area contributed by atoms with Crippen molar-refractivity contribution in [1.29, 1.82) is 0 Å². The summed E-state index contributed by atoms with van der Waals surface area (Å²) < 4.78 is 11.1. The van der Waals surface area contributed by atoms with Crippen LogP contribution >= 0.6 is 0 Å². The molecule has 0 saturated heterocycles. The summed E-state index contributed by atoms with van der Waals surface area (Å²) in [5.74, 6) is 0.914. The second-order valence-electron chi connectivity index (χ2n) is 5.32. The average Bonchev–Trinajstić information content (AvgIpc) is 2.53. The number of ether oxygens (including phenoxy) is 2. The molecule has 5 heteroatoms. The first kappa shape index (κ1) is 18.6. The van der Waals surface area contributed by atoms with E-state index in [0.29, 0.717) is 26.2 Å². The number of benzene rings is 1. The van der Waals surface area contributed by atoms with E-state index in [1.54, 1.807) is 12.1 Å². The van der Waals surface area contributed by atoms with E-state index in [-0.39, 0.29) is 5.78 Å². The molecule has 5 nitrogen and oxygen atoms in total. The molecule has 124 valence electrons. The first-order valence-electron chi connectivity index (χ1n) is 7.82. The van der Waals surface area contributed by atoms with Gasteiger partial charge in [0.2, 0.25) is 0 Å². The minimum atomic E-state index is 0.150. The third-order valence-corrected chi connectivity index (χ3v) is 3.15. The van der Waals surface area contributed by atoms with Crippen LogP contribution in [0.15, 0.2) is 24.3 Å². The van der Waals surface area contributed by atoms with Crippen LogP contribution in [0.3, 0.4) is 0 Å².